The molecule has 0 bridgehead atoms. The van der Waals surface area contributed by atoms with E-state index in [0.29, 0.717) is 19.4 Å². The Bertz CT molecular complexity index is 433. The van der Waals surface area contributed by atoms with Crippen molar-refractivity contribution in [2.75, 3.05) is 26.8 Å². The molecule has 19 heavy (non-hydrogen) atoms. The van der Waals surface area contributed by atoms with Gasteiger partial charge < -0.3 is 14.7 Å². The van der Waals surface area contributed by atoms with Crippen LogP contribution in [0.3, 0.4) is 0 Å². The van der Waals surface area contributed by atoms with Crippen molar-refractivity contribution in [2.24, 2.45) is 5.92 Å². The maximum atomic E-state index is 12.1. The molecule has 1 unspecified atom stereocenters. The van der Waals surface area contributed by atoms with Crippen molar-refractivity contribution in [3.63, 3.8) is 0 Å². The number of aliphatic hydroxyl groups excluding tert-OH is 1. The Labute approximate surface area is 114 Å². The molecular weight excluding hydrogens is 242 g/mol. The van der Waals surface area contributed by atoms with Crippen LogP contribution in [0.25, 0.3) is 0 Å². The van der Waals surface area contributed by atoms with E-state index in [1.165, 1.54) is 0 Å². The van der Waals surface area contributed by atoms with Crippen LogP contribution in [0.2, 0.25) is 0 Å². The van der Waals surface area contributed by atoms with E-state index in [9.17, 15) is 4.79 Å². The van der Waals surface area contributed by atoms with Crippen molar-refractivity contribution >= 4 is 5.91 Å². The number of ether oxygens (including phenoxy) is 1. The highest BCUT2D eigenvalue weighted by Gasteiger charge is 2.25. The van der Waals surface area contributed by atoms with Crippen LogP contribution in [-0.2, 0) is 11.2 Å². The molecule has 4 heteroatoms. The predicted octanol–water partition coefficient (Wildman–Crippen LogP) is 1.47. The average Bonchev–Trinajstić information content (AvgIpc) is 2.94. The Hall–Kier alpha value is -1.55. The number of hydrogen-bond acceptors (Lipinski definition) is 3. The van der Waals surface area contributed by atoms with Crippen LogP contribution in [-0.4, -0.2) is 42.7 Å². The minimum atomic E-state index is 0.168. The lowest BCUT2D eigenvalue weighted by atomic mass is 10.1. The molecule has 0 saturated carbocycles. The number of nitrogens with zero attached hydrogens (tertiary/aromatic N) is 1. The predicted molar refractivity (Wildman–Crippen MR) is 73.1 cm³/mol. The molecule has 1 aliphatic rings. The van der Waals surface area contributed by atoms with Crippen LogP contribution in [0.4, 0.5) is 0 Å². The van der Waals surface area contributed by atoms with E-state index in [1.54, 1.807) is 7.11 Å². The number of para-hydroxylation sites is 1. The number of carbonyl (C=O) groups excluding carboxylic acids is 1. The van der Waals surface area contributed by atoms with Gasteiger partial charge in [-0.05, 0) is 24.5 Å². The van der Waals surface area contributed by atoms with Gasteiger partial charge in [0, 0.05) is 32.0 Å². The van der Waals surface area contributed by atoms with Crippen molar-refractivity contribution < 1.29 is 14.6 Å². The summed E-state index contributed by atoms with van der Waals surface area (Å²) >= 11 is 0. The molecule has 0 radical (unpaired) electrons. The molecule has 2 rings (SSSR count). The van der Waals surface area contributed by atoms with Crippen molar-refractivity contribution in [1.29, 1.82) is 0 Å². The standard InChI is InChI=1S/C15H21NO3/c1-19-14-5-3-2-4-13(14)6-7-15(18)16-9-8-12(10-16)11-17/h2-5,12,17H,6-11H2,1H3. The minimum absolute atomic E-state index is 0.168. The molecule has 1 N–H and O–H groups in total. The number of amides is 1. The molecule has 1 heterocycles. The number of methoxy groups -OCH3 is 1. The molecule has 0 aliphatic carbocycles. The highest BCUT2D eigenvalue weighted by Crippen LogP contribution is 2.21. The topological polar surface area (TPSA) is 49.8 Å². The molecule has 1 saturated heterocycles. The summed E-state index contributed by atoms with van der Waals surface area (Å²) in [6.07, 6.45) is 2.11. The molecule has 4 nitrogen and oxygen atoms in total. The number of carbonyl (C=O) groups is 1. The molecule has 1 aromatic rings. The lowest BCUT2D eigenvalue weighted by Crippen LogP contribution is -2.29. The van der Waals surface area contributed by atoms with E-state index in [-0.39, 0.29) is 18.4 Å². The van der Waals surface area contributed by atoms with E-state index < -0.39 is 0 Å². The Morgan fingerprint density at radius 2 is 2.26 bits per heavy atom. The summed E-state index contributed by atoms with van der Waals surface area (Å²) < 4.78 is 5.28. The van der Waals surface area contributed by atoms with Gasteiger partial charge in [0.15, 0.2) is 0 Å². The number of likely N-dealkylation sites (tertiary alicyclic amines) is 1. The van der Waals surface area contributed by atoms with Gasteiger partial charge in [-0.1, -0.05) is 18.2 Å². The van der Waals surface area contributed by atoms with Crippen molar-refractivity contribution in [2.45, 2.75) is 19.3 Å². The summed E-state index contributed by atoms with van der Waals surface area (Å²) in [6.45, 7) is 1.65. The van der Waals surface area contributed by atoms with E-state index >= 15 is 0 Å². The van der Waals surface area contributed by atoms with E-state index in [0.717, 1.165) is 24.3 Å². The molecular formula is C15H21NO3. The van der Waals surface area contributed by atoms with Gasteiger partial charge >= 0.3 is 0 Å². The number of rotatable bonds is 5. The quantitative estimate of drug-likeness (QED) is 0.875. The van der Waals surface area contributed by atoms with E-state index in [4.69, 9.17) is 9.84 Å². The van der Waals surface area contributed by atoms with Crippen molar-refractivity contribution in [3.05, 3.63) is 29.8 Å². The van der Waals surface area contributed by atoms with Crippen LogP contribution < -0.4 is 4.74 Å². The van der Waals surface area contributed by atoms with Gasteiger partial charge in [-0.15, -0.1) is 0 Å². The van der Waals surface area contributed by atoms with Gasteiger partial charge in [0.1, 0.15) is 5.75 Å². The molecule has 1 fully saturated rings. The molecule has 0 spiro atoms. The second-order valence-electron chi connectivity index (χ2n) is 4.99. The normalized spacial score (nSPS) is 18.6. The zero-order valence-electron chi connectivity index (χ0n) is 11.3. The van der Waals surface area contributed by atoms with Crippen LogP contribution >= 0.6 is 0 Å². The summed E-state index contributed by atoms with van der Waals surface area (Å²) in [4.78, 5) is 13.9. The second-order valence-corrected chi connectivity index (χ2v) is 4.99. The fourth-order valence-electron chi connectivity index (χ4n) is 2.52. The van der Waals surface area contributed by atoms with E-state index in [1.807, 2.05) is 29.2 Å². The molecule has 1 atom stereocenters. The first-order chi connectivity index (χ1) is 9.24. The first kappa shape index (κ1) is 13.9. The van der Waals surface area contributed by atoms with Crippen LogP contribution in [0.15, 0.2) is 24.3 Å². The zero-order valence-corrected chi connectivity index (χ0v) is 11.3. The maximum absolute atomic E-state index is 12.1. The van der Waals surface area contributed by atoms with E-state index in [2.05, 4.69) is 0 Å². The molecule has 104 valence electrons. The Morgan fingerprint density at radius 1 is 1.47 bits per heavy atom. The fraction of sp³-hybridized carbons (Fsp3) is 0.533. The summed E-state index contributed by atoms with van der Waals surface area (Å²) in [5, 5.41) is 9.09. The number of aliphatic hydroxyl groups is 1. The average molecular weight is 263 g/mol. The Balaban J connectivity index is 1.87. The minimum Gasteiger partial charge on any atom is -0.496 e. The second kappa shape index (κ2) is 6.57. The third kappa shape index (κ3) is 3.47. The largest absolute Gasteiger partial charge is 0.496 e. The van der Waals surface area contributed by atoms with Gasteiger partial charge in [-0.3, -0.25) is 4.79 Å². The number of benzene rings is 1. The smallest absolute Gasteiger partial charge is 0.222 e. The molecule has 1 aliphatic heterocycles. The molecule has 1 amide bonds. The monoisotopic (exact) mass is 263 g/mol. The van der Waals surface area contributed by atoms with Gasteiger partial charge in [-0.25, -0.2) is 0 Å². The highest BCUT2D eigenvalue weighted by atomic mass is 16.5. The summed E-state index contributed by atoms with van der Waals surface area (Å²) in [6, 6.07) is 7.79. The van der Waals surface area contributed by atoms with Crippen LogP contribution in [0.1, 0.15) is 18.4 Å². The summed E-state index contributed by atoms with van der Waals surface area (Å²) in [5.41, 5.74) is 1.07. The van der Waals surface area contributed by atoms with Gasteiger partial charge in [0.05, 0.1) is 7.11 Å². The fourth-order valence-corrected chi connectivity index (χ4v) is 2.52. The van der Waals surface area contributed by atoms with Crippen molar-refractivity contribution in [1.82, 2.24) is 4.90 Å². The Morgan fingerprint density at radius 3 is 2.95 bits per heavy atom. The maximum Gasteiger partial charge on any atom is 0.222 e. The van der Waals surface area contributed by atoms with Gasteiger partial charge in [0.2, 0.25) is 5.91 Å². The molecule has 1 aromatic carbocycles. The number of hydrogen-bond donors (Lipinski definition) is 1. The number of aryl methyl sites for hydroxylation is 1. The first-order valence-electron chi connectivity index (χ1n) is 6.75. The summed E-state index contributed by atoms with van der Waals surface area (Å²) in [7, 11) is 1.65. The third-order valence-corrected chi connectivity index (χ3v) is 3.70. The first-order valence-corrected chi connectivity index (χ1v) is 6.75. The van der Waals surface area contributed by atoms with Crippen molar-refractivity contribution in [3.8, 4) is 5.75 Å². The lowest BCUT2D eigenvalue weighted by Gasteiger charge is -2.16. The SMILES string of the molecule is COc1ccccc1CCC(=O)N1CCC(CO)C1. The van der Waals surface area contributed by atoms with Gasteiger partial charge in [-0.2, -0.15) is 0 Å². The molecule has 0 aromatic heterocycles. The summed E-state index contributed by atoms with van der Waals surface area (Å²) in [5.74, 6) is 1.27. The van der Waals surface area contributed by atoms with Gasteiger partial charge in [0.25, 0.3) is 0 Å². The zero-order chi connectivity index (χ0) is 13.7. The van der Waals surface area contributed by atoms with Crippen LogP contribution in [0, 0.1) is 5.92 Å². The lowest BCUT2D eigenvalue weighted by molar-refractivity contribution is -0.130. The Kier molecular flexibility index (Phi) is 4.80. The highest BCUT2D eigenvalue weighted by molar-refractivity contribution is 5.76. The third-order valence-electron chi connectivity index (χ3n) is 3.70. The van der Waals surface area contributed by atoms with Crippen LogP contribution in [0.5, 0.6) is 5.75 Å².